The van der Waals surface area contributed by atoms with Gasteiger partial charge in [0.05, 0.1) is 0 Å². The van der Waals surface area contributed by atoms with Crippen molar-refractivity contribution in [2.45, 2.75) is 131 Å². The minimum atomic E-state index is -2.44. The van der Waals surface area contributed by atoms with Gasteiger partial charge in [-0.15, -0.1) is 0 Å². The van der Waals surface area contributed by atoms with Gasteiger partial charge in [0, 0.05) is 0 Å². The maximum atomic E-state index is 10.9. The van der Waals surface area contributed by atoms with Gasteiger partial charge in [-0.05, 0) is 0 Å². The van der Waals surface area contributed by atoms with Gasteiger partial charge < -0.3 is 0 Å². The van der Waals surface area contributed by atoms with E-state index in [0.717, 1.165) is 6.42 Å². The van der Waals surface area contributed by atoms with Gasteiger partial charge >= 0.3 is 164 Å². The van der Waals surface area contributed by atoms with Gasteiger partial charge in [0.15, 0.2) is 0 Å². The first-order valence-electron chi connectivity index (χ1n) is 11.4. The molecule has 0 heterocycles. The van der Waals surface area contributed by atoms with E-state index in [-0.39, 0.29) is 6.10 Å². The van der Waals surface area contributed by atoms with Gasteiger partial charge in [-0.3, -0.25) is 0 Å². The van der Waals surface area contributed by atoms with Crippen LogP contribution in [0.2, 0.25) is 13.3 Å². The van der Waals surface area contributed by atoms with Crippen LogP contribution in [0.3, 0.4) is 0 Å². The summed E-state index contributed by atoms with van der Waals surface area (Å²) >= 11 is -2.44. The minimum absolute atomic E-state index is 0.201. The molecule has 1 N–H and O–H groups in total. The van der Waals surface area contributed by atoms with Crippen molar-refractivity contribution < 1.29 is 5.11 Å². The van der Waals surface area contributed by atoms with Crippen molar-refractivity contribution in [3.8, 4) is 0 Å². The molecule has 0 bridgehead atoms. The first-order chi connectivity index (χ1) is 12.1. The second-order valence-electron chi connectivity index (χ2n) is 8.19. The summed E-state index contributed by atoms with van der Waals surface area (Å²) in [4.78, 5) is 0. The zero-order valence-electron chi connectivity index (χ0n) is 18.0. The van der Waals surface area contributed by atoms with E-state index in [9.17, 15) is 5.11 Å². The Bertz CT molecular complexity index is 291. The van der Waals surface area contributed by atoms with E-state index in [1.807, 2.05) is 0 Å². The fraction of sp³-hybridized carbons (Fsp3) is 0.913. The second-order valence-corrected chi connectivity index (χ2v) is 21.6. The molecular weight excluding hydrogens is 411 g/mol. The molecule has 1 unspecified atom stereocenters. The van der Waals surface area contributed by atoms with Crippen molar-refractivity contribution in [3.05, 3.63) is 10.2 Å². The first-order valence-corrected chi connectivity index (χ1v) is 18.9. The summed E-state index contributed by atoms with van der Waals surface area (Å²) in [5.74, 6) is 0. The molecule has 0 aliphatic rings. The van der Waals surface area contributed by atoms with Crippen LogP contribution in [0.25, 0.3) is 0 Å². The summed E-state index contributed by atoms with van der Waals surface area (Å²) in [6.45, 7) is 13.8. The molecule has 0 aromatic carbocycles. The van der Waals surface area contributed by atoms with Crippen LogP contribution >= 0.6 is 0 Å². The molecule has 0 saturated carbocycles. The van der Waals surface area contributed by atoms with Crippen LogP contribution in [0.4, 0.5) is 0 Å². The third kappa shape index (κ3) is 11.1. The normalized spacial score (nSPS) is 13.2. The van der Waals surface area contributed by atoms with Gasteiger partial charge in [-0.2, -0.15) is 0 Å². The van der Waals surface area contributed by atoms with Gasteiger partial charge in [-0.25, -0.2) is 0 Å². The Balaban J connectivity index is 4.72. The number of aliphatic hydroxyl groups is 1. The summed E-state index contributed by atoms with van der Waals surface area (Å²) in [5, 5.41) is 10.9. The maximum absolute atomic E-state index is 10.9. The van der Waals surface area contributed by atoms with E-state index in [0.29, 0.717) is 0 Å². The van der Waals surface area contributed by atoms with Crippen LogP contribution in [-0.2, 0) is 0 Å². The van der Waals surface area contributed by atoms with Crippen LogP contribution < -0.4 is 0 Å². The fourth-order valence-electron chi connectivity index (χ4n) is 4.05. The van der Waals surface area contributed by atoms with E-state index in [2.05, 4.69) is 34.3 Å². The molecule has 1 nitrogen and oxygen atoms in total. The molecule has 150 valence electrons. The number of hydrogen-bond donors (Lipinski definition) is 1. The average Bonchev–Trinajstić information content (AvgIpc) is 2.63. The number of unbranched alkanes of at least 4 members (excludes halogenated alkanes) is 8. The van der Waals surface area contributed by atoms with E-state index >= 15 is 0 Å². The van der Waals surface area contributed by atoms with Crippen LogP contribution in [-0.4, -0.2) is 29.6 Å². The molecule has 1 atom stereocenters. The molecule has 0 aromatic heterocycles. The Hall–Kier alpha value is 0.499. The summed E-state index contributed by atoms with van der Waals surface area (Å²) in [7, 11) is 0. The SMILES string of the molecule is C=[C](C(O)CCCCCCCC)[Sn]([CH2]CCC)([CH2]CCC)[CH2]CCC. The average molecular weight is 459 g/mol. The quantitative estimate of drug-likeness (QED) is 0.162. The van der Waals surface area contributed by atoms with Crippen molar-refractivity contribution in [3.63, 3.8) is 0 Å². The van der Waals surface area contributed by atoms with Crippen LogP contribution in [0.5, 0.6) is 0 Å². The Morgan fingerprint density at radius 2 is 1.08 bits per heavy atom. The van der Waals surface area contributed by atoms with E-state index in [1.165, 1.54) is 93.9 Å². The van der Waals surface area contributed by atoms with Gasteiger partial charge in [0.1, 0.15) is 0 Å². The molecule has 2 heteroatoms. The summed E-state index contributed by atoms with van der Waals surface area (Å²) in [5.41, 5.74) is 0. The Morgan fingerprint density at radius 3 is 1.52 bits per heavy atom. The predicted octanol–water partition coefficient (Wildman–Crippen LogP) is 8.04. The summed E-state index contributed by atoms with van der Waals surface area (Å²) in [6, 6.07) is 0. The predicted molar refractivity (Wildman–Crippen MR) is 118 cm³/mol. The van der Waals surface area contributed by atoms with E-state index in [4.69, 9.17) is 0 Å². The third-order valence-corrected chi connectivity index (χ3v) is 22.0. The second kappa shape index (κ2) is 16.7. The molecule has 0 aliphatic carbocycles. The summed E-state index contributed by atoms with van der Waals surface area (Å²) in [6.07, 6.45) is 16.5. The molecule has 25 heavy (non-hydrogen) atoms. The van der Waals surface area contributed by atoms with E-state index in [1.54, 1.807) is 0 Å². The molecule has 0 saturated heterocycles. The monoisotopic (exact) mass is 460 g/mol. The van der Waals surface area contributed by atoms with Gasteiger partial charge in [0.2, 0.25) is 0 Å². The van der Waals surface area contributed by atoms with Crippen LogP contribution in [0.15, 0.2) is 10.2 Å². The van der Waals surface area contributed by atoms with Crippen molar-refractivity contribution in [1.29, 1.82) is 0 Å². The van der Waals surface area contributed by atoms with Gasteiger partial charge in [0.25, 0.3) is 0 Å². The standard InChI is InChI=1S/C11H21O.3C4H9.Sn/c1-3-5-6-7-8-9-10-11(12)4-2;3*1-3-4-2;/h11-12H,2-3,5-10H2,1H3;3*1,3-4H2,2H3;. The zero-order valence-corrected chi connectivity index (χ0v) is 20.9. The number of rotatable bonds is 18. The topological polar surface area (TPSA) is 20.2 Å². The van der Waals surface area contributed by atoms with Gasteiger partial charge in [-0.1, -0.05) is 0 Å². The Labute approximate surface area is 163 Å². The Kier molecular flexibility index (Phi) is 17.0. The van der Waals surface area contributed by atoms with Crippen molar-refractivity contribution in [2.75, 3.05) is 0 Å². The Morgan fingerprint density at radius 1 is 0.680 bits per heavy atom. The zero-order chi connectivity index (χ0) is 19.0. The number of hydrogen-bond acceptors (Lipinski definition) is 1. The molecule has 0 aromatic rings. The van der Waals surface area contributed by atoms with Crippen molar-refractivity contribution in [1.82, 2.24) is 0 Å². The molecule has 0 fully saturated rings. The molecular formula is C23H48OSn. The molecule has 0 aliphatic heterocycles. The first kappa shape index (κ1) is 25.5. The van der Waals surface area contributed by atoms with Crippen molar-refractivity contribution in [2.24, 2.45) is 0 Å². The third-order valence-electron chi connectivity index (χ3n) is 5.94. The van der Waals surface area contributed by atoms with Crippen LogP contribution in [0, 0.1) is 0 Å². The van der Waals surface area contributed by atoms with Crippen LogP contribution in [0.1, 0.15) is 111 Å². The number of aliphatic hydroxyl groups excluding tert-OH is 1. The molecule has 0 amide bonds. The molecule has 0 rings (SSSR count). The summed E-state index contributed by atoms with van der Waals surface area (Å²) < 4.78 is 5.66. The van der Waals surface area contributed by atoms with Crippen molar-refractivity contribution >= 4 is 18.4 Å². The molecule has 0 spiro atoms. The molecule has 0 radical (unpaired) electrons. The van der Waals surface area contributed by atoms with E-state index < -0.39 is 18.4 Å². The fourth-order valence-corrected chi connectivity index (χ4v) is 20.2.